The van der Waals surface area contributed by atoms with Gasteiger partial charge in [0.2, 0.25) is 0 Å². The van der Waals surface area contributed by atoms with Crippen LogP contribution in [0.5, 0.6) is 11.5 Å². The van der Waals surface area contributed by atoms with Crippen LogP contribution in [0.1, 0.15) is 25.3 Å². The van der Waals surface area contributed by atoms with E-state index >= 15 is 0 Å². The van der Waals surface area contributed by atoms with E-state index in [2.05, 4.69) is 21.8 Å². The molecule has 0 atom stereocenters. The zero-order chi connectivity index (χ0) is 16.5. The lowest BCUT2D eigenvalue weighted by atomic mass is 10.1. The molecule has 0 aliphatic heterocycles. The van der Waals surface area contributed by atoms with Gasteiger partial charge in [0, 0.05) is 42.1 Å². The van der Waals surface area contributed by atoms with E-state index in [1.165, 1.54) is 0 Å². The van der Waals surface area contributed by atoms with Gasteiger partial charge in [-0.25, -0.2) is 4.98 Å². The summed E-state index contributed by atoms with van der Waals surface area (Å²) >= 11 is 6.17. The van der Waals surface area contributed by atoms with Crippen LogP contribution in [0.15, 0.2) is 30.9 Å². The van der Waals surface area contributed by atoms with Crippen molar-refractivity contribution in [3.8, 4) is 11.5 Å². The van der Waals surface area contributed by atoms with Gasteiger partial charge in [-0.3, -0.25) is 0 Å². The predicted molar refractivity (Wildman–Crippen MR) is 92.3 cm³/mol. The molecular weight excluding hydrogens is 314 g/mol. The predicted octanol–water partition coefficient (Wildman–Crippen LogP) is 3.51. The molecule has 0 bridgehead atoms. The van der Waals surface area contributed by atoms with E-state index in [1.54, 1.807) is 19.4 Å². The third-order valence-electron chi connectivity index (χ3n) is 3.41. The van der Waals surface area contributed by atoms with Gasteiger partial charge in [0.05, 0.1) is 20.0 Å². The van der Waals surface area contributed by atoms with Crippen molar-refractivity contribution in [3.63, 3.8) is 0 Å². The molecule has 0 unspecified atom stereocenters. The van der Waals surface area contributed by atoms with E-state index in [9.17, 15) is 0 Å². The molecule has 0 aliphatic rings. The minimum absolute atomic E-state index is 0.654. The number of rotatable bonds is 10. The summed E-state index contributed by atoms with van der Waals surface area (Å²) in [5, 5.41) is 4.09. The van der Waals surface area contributed by atoms with Crippen LogP contribution in [0.25, 0.3) is 0 Å². The van der Waals surface area contributed by atoms with Crippen LogP contribution in [0, 0.1) is 0 Å². The molecule has 1 N–H and O–H groups in total. The number of nitrogens with one attached hydrogen (secondary N) is 1. The molecule has 0 spiro atoms. The van der Waals surface area contributed by atoms with Gasteiger partial charge in [0.1, 0.15) is 0 Å². The van der Waals surface area contributed by atoms with Crippen LogP contribution >= 0.6 is 11.6 Å². The molecule has 0 saturated heterocycles. The van der Waals surface area contributed by atoms with Gasteiger partial charge in [0.25, 0.3) is 0 Å². The van der Waals surface area contributed by atoms with Gasteiger partial charge in [-0.2, -0.15) is 0 Å². The van der Waals surface area contributed by atoms with Crippen molar-refractivity contribution in [2.75, 3.05) is 20.3 Å². The summed E-state index contributed by atoms with van der Waals surface area (Å²) in [7, 11) is 1.63. The number of halogens is 1. The second-order valence-corrected chi connectivity index (χ2v) is 5.71. The number of hydrogen-bond donors (Lipinski definition) is 1. The van der Waals surface area contributed by atoms with Gasteiger partial charge in [-0.05, 0) is 25.5 Å². The molecule has 1 aromatic heterocycles. The van der Waals surface area contributed by atoms with Crippen molar-refractivity contribution >= 4 is 11.6 Å². The molecule has 0 aliphatic carbocycles. The molecule has 126 valence electrons. The van der Waals surface area contributed by atoms with Gasteiger partial charge in [-0.15, -0.1) is 0 Å². The summed E-state index contributed by atoms with van der Waals surface area (Å²) < 4.78 is 13.3. The highest BCUT2D eigenvalue weighted by Gasteiger charge is 2.12. The Morgan fingerprint density at radius 2 is 2.22 bits per heavy atom. The van der Waals surface area contributed by atoms with E-state index in [-0.39, 0.29) is 0 Å². The lowest BCUT2D eigenvalue weighted by Crippen LogP contribution is -2.17. The number of hydrogen-bond acceptors (Lipinski definition) is 4. The highest BCUT2D eigenvalue weighted by atomic mass is 35.5. The van der Waals surface area contributed by atoms with E-state index in [4.69, 9.17) is 21.1 Å². The first kappa shape index (κ1) is 17.6. The summed E-state index contributed by atoms with van der Waals surface area (Å²) in [5.74, 6) is 1.46. The largest absolute Gasteiger partial charge is 0.493 e. The van der Waals surface area contributed by atoms with E-state index in [0.717, 1.165) is 37.2 Å². The molecular formula is C17H24ClN3O2. The van der Waals surface area contributed by atoms with Gasteiger partial charge in [-0.1, -0.05) is 18.5 Å². The van der Waals surface area contributed by atoms with Gasteiger partial charge >= 0.3 is 0 Å². The Morgan fingerprint density at radius 1 is 1.35 bits per heavy atom. The average Bonchev–Trinajstić information content (AvgIpc) is 3.06. The van der Waals surface area contributed by atoms with Crippen molar-refractivity contribution in [1.82, 2.24) is 14.9 Å². The first-order valence-corrected chi connectivity index (χ1v) is 8.28. The number of imidazole rings is 1. The maximum absolute atomic E-state index is 6.17. The second kappa shape index (κ2) is 9.43. The minimum Gasteiger partial charge on any atom is -0.493 e. The summed E-state index contributed by atoms with van der Waals surface area (Å²) in [6.45, 7) is 5.28. The Bertz CT molecular complexity index is 588. The van der Waals surface area contributed by atoms with Crippen molar-refractivity contribution in [2.24, 2.45) is 0 Å². The molecule has 2 aromatic rings. The Kier molecular flexibility index (Phi) is 7.23. The van der Waals surface area contributed by atoms with Gasteiger partial charge in [0.15, 0.2) is 11.5 Å². The summed E-state index contributed by atoms with van der Waals surface area (Å²) in [5.41, 5.74) is 1.02. The number of aryl methyl sites for hydroxylation is 1. The van der Waals surface area contributed by atoms with Crippen LogP contribution in [-0.2, 0) is 13.1 Å². The quantitative estimate of drug-likeness (QED) is 0.674. The Balaban J connectivity index is 1.90. The van der Waals surface area contributed by atoms with Crippen molar-refractivity contribution < 1.29 is 9.47 Å². The van der Waals surface area contributed by atoms with E-state index in [0.29, 0.717) is 23.9 Å². The fourth-order valence-corrected chi connectivity index (χ4v) is 2.53. The minimum atomic E-state index is 0.654. The van der Waals surface area contributed by atoms with Crippen LogP contribution in [0.2, 0.25) is 5.02 Å². The highest BCUT2D eigenvalue weighted by molar-refractivity contribution is 6.30. The molecule has 0 amide bonds. The fourth-order valence-electron chi connectivity index (χ4n) is 2.30. The molecule has 2 rings (SSSR count). The van der Waals surface area contributed by atoms with Crippen LogP contribution in [-0.4, -0.2) is 29.8 Å². The van der Waals surface area contributed by atoms with Crippen LogP contribution in [0.4, 0.5) is 0 Å². The van der Waals surface area contributed by atoms with Crippen LogP contribution in [0.3, 0.4) is 0 Å². The van der Waals surface area contributed by atoms with Crippen molar-refractivity contribution in [3.05, 3.63) is 41.4 Å². The average molecular weight is 338 g/mol. The van der Waals surface area contributed by atoms with E-state index in [1.807, 2.05) is 18.6 Å². The molecule has 6 heteroatoms. The lowest BCUT2D eigenvalue weighted by Gasteiger charge is -2.16. The Labute approximate surface area is 142 Å². The second-order valence-electron chi connectivity index (χ2n) is 5.28. The number of aromatic nitrogens is 2. The zero-order valence-corrected chi connectivity index (χ0v) is 14.5. The summed E-state index contributed by atoms with van der Waals surface area (Å²) in [6.07, 6.45) is 7.57. The molecule has 5 nitrogen and oxygen atoms in total. The first-order valence-electron chi connectivity index (χ1n) is 7.90. The SMILES string of the molecule is CCCOc1c(CNCCCn2ccnc2)cc(Cl)cc1OC. The Hall–Kier alpha value is -1.72. The van der Waals surface area contributed by atoms with Crippen molar-refractivity contribution in [2.45, 2.75) is 32.9 Å². The van der Waals surface area contributed by atoms with Crippen molar-refractivity contribution in [1.29, 1.82) is 0 Å². The normalized spacial score (nSPS) is 10.7. The highest BCUT2D eigenvalue weighted by Crippen LogP contribution is 2.34. The molecule has 0 fully saturated rings. The third-order valence-corrected chi connectivity index (χ3v) is 3.63. The lowest BCUT2D eigenvalue weighted by molar-refractivity contribution is 0.290. The first-order chi connectivity index (χ1) is 11.2. The third kappa shape index (κ3) is 5.44. The molecule has 23 heavy (non-hydrogen) atoms. The maximum atomic E-state index is 6.17. The number of ether oxygens (including phenoxy) is 2. The summed E-state index contributed by atoms with van der Waals surface area (Å²) in [6, 6.07) is 3.72. The Morgan fingerprint density at radius 3 is 2.91 bits per heavy atom. The summed E-state index contributed by atoms with van der Waals surface area (Å²) in [4.78, 5) is 4.04. The number of nitrogens with zero attached hydrogens (tertiary/aromatic N) is 2. The molecule has 0 radical (unpaired) electrons. The smallest absolute Gasteiger partial charge is 0.165 e. The van der Waals surface area contributed by atoms with Gasteiger partial charge < -0.3 is 19.4 Å². The fraction of sp³-hybridized carbons (Fsp3) is 0.471. The van der Waals surface area contributed by atoms with E-state index < -0.39 is 0 Å². The topological polar surface area (TPSA) is 48.3 Å². The molecule has 0 saturated carbocycles. The van der Waals surface area contributed by atoms with Crippen LogP contribution < -0.4 is 14.8 Å². The number of methoxy groups -OCH3 is 1. The molecule has 1 heterocycles. The molecule has 1 aromatic carbocycles. The maximum Gasteiger partial charge on any atom is 0.165 e. The monoisotopic (exact) mass is 337 g/mol. The standard InChI is InChI=1S/C17H24ClN3O2/c1-3-9-23-17-14(10-15(18)11-16(17)22-2)12-19-5-4-7-21-8-6-20-13-21/h6,8,10-11,13,19H,3-5,7,9,12H2,1-2H3. The zero-order valence-electron chi connectivity index (χ0n) is 13.7. The number of benzene rings is 1.